The molecular weight excluding hydrogens is 234 g/mol. The van der Waals surface area contributed by atoms with E-state index in [1.807, 2.05) is 0 Å². The van der Waals surface area contributed by atoms with Crippen molar-refractivity contribution in [2.75, 3.05) is 6.54 Å². The van der Waals surface area contributed by atoms with Gasteiger partial charge in [0.15, 0.2) is 0 Å². The molecule has 1 aromatic heterocycles. The van der Waals surface area contributed by atoms with Crippen LogP contribution in [0.4, 0.5) is 0 Å². The summed E-state index contributed by atoms with van der Waals surface area (Å²) in [5.41, 5.74) is 3.96. The van der Waals surface area contributed by atoms with Gasteiger partial charge in [-0.2, -0.15) is 5.10 Å². The molecule has 0 saturated heterocycles. The van der Waals surface area contributed by atoms with Crippen LogP contribution in [0.5, 0.6) is 0 Å². The van der Waals surface area contributed by atoms with Gasteiger partial charge in [0.1, 0.15) is 0 Å². The van der Waals surface area contributed by atoms with Crippen LogP contribution in [0, 0.1) is 13.8 Å². The molecule has 1 aliphatic rings. The van der Waals surface area contributed by atoms with Gasteiger partial charge in [-0.25, -0.2) is 0 Å². The van der Waals surface area contributed by atoms with Crippen LogP contribution in [0.3, 0.4) is 0 Å². The molecular formula is C13H24ClN3. The van der Waals surface area contributed by atoms with Crippen molar-refractivity contribution in [3.63, 3.8) is 0 Å². The van der Waals surface area contributed by atoms with Crippen molar-refractivity contribution < 1.29 is 0 Å². The third-order valence-corrected chi connectivity index (χ3v) is 3.70. The molecule has 98 valence electrons. The minimum atomic E-state index is 0. The summed E-state index contributed by atoms with van der Waals surface area (Å²) in [6, 6.07) is 0.661. The maximum atomic E-state index is 4.72. The molecule has 0 bridgehead atoms. The van der Waals surface area contributed by atoms with Gasteiger partial charge in [-0.3, -0.25) is 4.68 Å². The predicted molar refractivity (Wildman–Crippen MR) is 73.8 cm³/mol. The lowest BCUT2D eigenvalue weighted by molar-refractivity contribution is 0.454. The van der Waals surface area contributed by atoms with E-state index in [-0.39, 0.29) is 12.4 Å². The molecule has 0 radical (unpaired) electrons. The molecule has 3 nitrogen and oxygen atoms in total. The van der Waals surface area contributed by atoms with Gasteiger partial charge in [-0.05, 0) is 33.2 Å². The first-order valence-corrected chi connectivity index (χ1v) is 6.49. The van der Waals surface area contributed by atoms with Crippen LogP contribution in [0.25, 0.3) is 0 Å². The van der Waals surface area contributed by atoms with E-state index in [2.05, 4.69) is 30.8 Å². The van der Waals surface area contributed by atoms with Crippen LogP contribution in [-0.4, -0.2) is 16.3 Å². The van der Waals surface area contributed by atoms with E-state index >= 15 is 0 Å². The third kappa shape index (κ3) is 3.02. The highest BCUT2D eigenvalue weighted by Crippen LogP contribution is 2.31. The zero-order chi connectivity index (χ0) is 11.5. The van der Waals surface area contributed by atoms with Gasteiger partial charge in [0, 0.05) is 17.8 Å². The Hall–Kier alpha value is -0.540. The summed E-state index contributed by atoms with van der Waals surface area (Å²) >= 11 is 0. The maximum Gasteiger partial charge on any atom is 0.0641 e. The van der Waals surface area contributed by atoms with Crippen LogP contribution < -0.4 is 5.32 Å². The van der Waals surface area contributed by atoms with E-state index in [4.69, 9.17) is 5.10 Å². The predicted octanol–water partition coefficient (Wildman–Crippen LogP) is 3.15. The molecule has 1 heterocycles. The average molecular weight is 258 g/mol. The zero-order valence-corrected chi connectivity index (χ0v) is 11.9. The fourth-order valence-electron chi connectivity index (χ4n) is 2.71. The number of nitrogens with one attached hydrogen (secondary N) is 1. The first-order valence-electron chi connectivity index (χ1n) is 6.49. The van der Waals surface area contributed by atoms with Crippen LogP contribution in [0.2, 0.25) is 0 Å². The summed E-state index contributed by atoms with van der Waals surface area (Å²) in [5.74, 6) is 0. The van der Waals surface area contributed by atoms with Crippen molar-refractivity contribution in [2.24, 2.45) is 0 Å². The fraction of sp³-hybridized carbons (Fsp3) is 0.769. The van der Waals surface area contributed by atoms with E-state index in [9.17, 15) is 0 Å². The van der Waals surface area contributed by atoms with Gasteiger partial charge in [0.2, 0.25) is 0 Å². The lowest BCUT2D eigenvalue weighted by atomic mass is 10.2. The number of aromatic nitrogens is 2. The number of hydrogen-bond acceptors (Lipinski definition) is 2. The molecule has 4 heteroatoms. The number of aryl methyl sites for hydroxylation is 1. The van der Waals surface area contributed by atoms with Crippen molar-refractivity contribution in [3.05, 3.63) is 17.0 Å². The van der Waals surface area contributed by atoms with Crippen molar-refractivity contribution in [3.8, 4) is 0 Å². The Bertz CT molecular complexity index is 354. The molecule has 0 spiro atoms. The summed E-state index contributed by atoms with van der Waals surface area (Å²) in [7, 11) is 0. The van der Waals surface area contributed by atoms with E-state index in [0.717, 1.165) is 13.1 Å². The normalized spacial score (nSPS) is 16.2. The molecule has 1 aliphatic carbocycles. The highest BCUT2D eigenvalue weighted by atomic mass is 35.5. The van der Waals surface area contributed by atoms with Crippen molar-refractivity contribution >= 4 is 12.4 Å². The van der Waals surface area contributed by atoms with E-state index < -0.39 is 0 Å². The molecule has 1 aromatic rings. The number of rotatable bonds is 4. The number of hydrogen-bond donors (Lipinski definition) is 1. The van der Waals surface area contributed by atoms with Gasteiger partial charge >= 0.3 is 0 Å². The largest absolute Gasteiger partial charge is 0.313 e. The molecule has 0 aromatic carbocycles. The lowest BCUT2D eigenvalue weighted by Gasteiger charge is -2.12. The minimum absolute atomic E-state index is 0. The molecule has 0 atom stereocenters. The quantitative estimate of drug-likeness (QED) is 0.898. The number of nitrogens with zero attached hydrogens (tertiary/aromatic N) is 2. The standard InChI is InChI=1S/C13H23N3.ClH/c1-4-14-9-13-10(2)15-16(11(13)3)12-7-5-6-8-12;/h12,14H,4-9H2,1-3H3;1H. The van der Waals surface area contributed by atoms with E-state index in [0.29, 0.717) is 6.04 Å². The smallest absolute Gasteiger partial charge is 0.0641 e. The topological polar surface area (TPSA) is 29.9 Å². The van der Waals surface area contributed by atoms with Crippen LogP contribution in [0.1, 0.15) is 55.6 Å². The monoisotopic (exact) mass is 257 g/mol. The Labute approximate surface area is 110 Å². The van der Waals surface area contributed by atoms with Crippen molar-refractivity contribution in [2.45, 2.75) is 59.0 Å². The summed E-state index contributed by atoms with van der Waals surface area (Å²) in [6.45, 7) is 8.47. The van der Waals surface area contributed by atoms with Crippen LogP contribution in [0.15, 0.2) is 0 Å². The van der Waals surface area contributed by atoms with Crippen molar-refractivity contribution in [1.82, 2.24) is 15.1 Å². The zero-order valence-electron chi connectivity index (χ0n) is 11.1. The Morgan fingerprint density at radius 1 is 1.29 bits per heavy atom. The molecule has 0 aliphatic heterocycles. The molecule has 0 amide bonds. The Morgan fingerprint density at radius 2 is 1.94 bits per heavy atom. The van der Waals surface area contributed by atoms with Gasteiger partial charge in [0.05, 0.1) is 11.7 Å². The SMILES string of the molecule is CCNCc1c(C)nn(C2CCCC2)c1C.Cl. The summed E-state index contributed by atoms with van der Waals surface area (Å²) in [5, 5.41) is 8.12. The third-order valence-electron chi connectivity index (χ3n) is 3.70. The second-order valence-electron chi connectivity index (χ2n) is 4.81. The van der Waals surface area contributed by atoms with Gasteiger partial charge in [-0.1, -0.05) is 19.8 Å². The molecule has 1 N–H and O–H groups in total. The summed E-state index contributed by atoms with van der Waals surface area (Å²) in [6.07, 6.45) is 5.35. The van der Waals surface area contributed by atoms with Gasteiger partial charge in [0.25, 0.3) is 0 Å². The second-order valence-corrected chi connectivity index (χ2v) is 4.81. The molecule has 0 unspecified atom stereocenters. The summed E-state index contributed by atoms with van der Waals surface area (Å²) in [4.78, 5) is 0. The van der Waals surface area contributed by atoms with Crippen molar-refractivity contribution in [1.29, 1.82) is 0 Å². The average Bonchev–Trinajstić information content (AvgIpc) is 2.86. The van der Waals surface area contributed by atoms with Crippen LogP contribution in [-0.2, 0) is 6.54 Å². The van der Waals surface area contributed by atoms with E-state index in [1.54, 1.807) is 0 Å². The Morgan fingerprint density at radius 3 is 2.53 bits per heavy atom. The first kappa shape index (κ1) is 14.5. The van der Waals surface area contributed by atoms with Crippen LogP contribution >= 0.6 is 12.4 Å². The fourth-order valence-corrected chi connectivity index (χ4v) is 2.71. The Balaban J connectivity index is 0.00000144. The lowest BCUT2D eigenvalue weighted by Crippen LogP contribution is -2.14. The summed E-state index contributed by atoms with van der Waals surface area (Å²) < 4.78 is 2.27. The highest BCUT2D eigenvalue weighted by molar-refractivity contribution is 5.85. The second kappa shape index (κ2) is 6.41. The molecule has 17 heavy (non-hydrogen) atoms. The van der Waals surface area contributed by atoms with Gasteiger partial charge in [-0.15, -0.1) is 12.4 Å². The molecule has 2 rings (SSSR count). The first-order chi connectivity index (χ1) is 7.74. The molecule has 1 saturated carbocycles. The van der Waals surface area contributed by atoms with E-state index in [1.165, 1.54) is 42.6 Å². The van der Waals surface area contributed by atoms with Gasteiger partial charge < -0.3 is 5.32 Å². The minimum Gasteiger partial charge on any atom is -0.313 e. The maximum absolute atomic E-state index is 4.72. The number of halogens is 1. The Kier molecular flexibility index (Phi) is 5.47. The highest BCUT2D eigenvalue weighted by Gasteiger charge is 2.21. The molecule has 1 fully saturated rings.